The zero-order valence-electron chi connectivity index (χ0n) is 6.34. The number of carbonyl (C=O) groups excluding carboxylic acids is 1. The first-order chi connectivity index (χ1) is 5.26. The first-order valence-corrected chi connectivity index (χ1v) is 4.41. The second-order valence-corrected chi connectivity index (χ2v) is 2.83. The Morgan fingerprint density at radius 2 is 2.45 bits per heavy atom. The molecule has 0 N–H and O–H groups in total. The van der Waals surface area contributed by atoms with E-state index in [9.17, 15) is 4.79 Å². The van der Waals surface area contributed by atoms with Gasteiger partial charge in [-0.3, -0.25) is 4.79 Å². The fourth-order valence-corrected chi connectivity index (χ4v) is 0.982. The highest BCUT2D eigenvalue weighted by atomic mass is 79.9. The summed E-state index contributed by atoms with van der Waals surface area (Å²) < 4.78 is 4.42. The molecule has 0 aromatic rings. The van der Waals surface area contributed by atoms with Gasteiger partial charge in [0.15, 0.2) is 0 Å². The molecule has 4 heteroatoms. The predicted octanol–water partition coefficient (Wildman–Crippen LogP) is 1.47. The first kappa shape index (κ1) is 10.4. The lowest BCUT2D eigenvalue weighted by molar-refractivity contribution is -0.143. The van der Waals surface area contributed by atoms with E-state index in [2.05, 4.69) is 20.7 Å². The van der Waals surface area contributed by atoms with Crippen LogP contribution < -0.4 is 0 Å². The van der Waals surface area contributed by atoms with Crippen molar-refractivity contribution in [2.75, 3.05) is 12.4 Å². The normalized spacial score (nSPS) is 11.7. The summed E-state index contributed by atoms with van der Waals surface area (Å²) in [5.74, 6) is -1.04. The molecule has 0 aliphatic heterocycles. The SMILES string of the molecule is COC(=O)C(C#N)CCCBr. The van der Waals surface area contributed by atoms with Crippen LogP contribution in [0.3, 0.4) is 0 Å². The lowest BCUT2D eigenvalue weighted by Crippen LogP contribution is -2.14. The summed E-state index contributed by atoms with van der Waals surface area (Å²) in [4.78, 5) is 10.8. The van der Waals surface area contributed by atoms with Crippen molar-refractivity contribution >= 4 is 21.9 Å². The van der Waals surface area contributed by atoms with Crippen molar-refractivity contribution in [3.63, 3.8) is 0 Å². The minimum atomic E-state index is -0.599. The molecule has 0 aromatic heterocycles. The van der Waals surface area contributed by atoms with Crippen LogP contribution >= 0.6 is 15.9 Å². The molecule has 0 spiro atoms. The van der Waals surface area contributed by atoms with Crippen LogP contribution in [0, 0.1) is 17.2 Å². The number of rotatable bonds is 4. The Balaban J connectivity index is 3.78. The van der Waals surface area contributed by atoms with Gasteiger partial charge in [0.2, 0.25) is 0 Å². The third-order valence-electron chi connectivity index (χ3n) is 1.27. The van der Waals surface area contributed by atoms with Crippen molar-refractivity contribution in [3.8, 4) is 6.07 Å². The number of carbonyl (C=O) groups is 1. The quantitative estimate of drug-likeness (QED) is 0.532. The fraction of sp³-hybridized carbons (Fsp3) is 0.714. The maximum atomic E-state index is 10.8. The molecule has 0 rings (SSSR count). The molecule has 3 nitrogen and oxygen atoms in total. The summed E-state index contributed by atoms with van der Waals surface area (Å²) in [5, 5.41) is 9.30. The van der Waals surface area contributed by atoms with Crippen LogP contribution in [0.4, 0.5) is 0 Å². The average Bonchev–Trinajstić information content (AvgIpc) is 2.05. The number of nitrogens with zero attached hydrogens (tertiary/aromatic N) is 1. The summed E-state index contributed by atoms with van der Waals surface area (Å²) in [5.41, 5.74) is 0. The van der Waals surface area contributed by atoms with Gasteiger partial charge in [0.1, 0.15) is 5.92 Å². The molecule has 62 valence electrons. The molecule has 0 aliphatic carbocycles. The number of esters is 1. The van der Waals surface area contributed by atoms with Gasteiger partial charge in [0.05, 0.1) is 13.2 Å². The lowest BCUT2D eigenvalue weighted by atomic mass is 10.1. The summed E-state index contributed by atoms with van der Waals surface area (Å²) in [6.45, 7) is 0. The highest BCUT2D eigenvalue weighted by Crippen LogP contribution is 2.08. The van der Waals surface area contributed by atoms with Crippen LogP contribution in [0.25, 0.3) is 0 Å². The van der Waals surface area contributed by atoms with Crippen LogP contribution in [0.5, 0.6) is 0 Å². The minimum absolute atomic E-state index is 0.437. The maximum Gasteiger partial charge on any atom is 0.323 e. The van der Waals surface area contributed by atoms with Gasteiger partial charge in [-0.1, -0.05) is 15.9 Å². The smallest absolute Gasteiger partial charge is 0.323 e. The second kappa shape index (κ2) is 6.17. The largest absolute Gasteiger partial charge is 0.468 e. The molecule has 0 aliphatic rings. The Kier molecular flexibility index (Phi) is 5.86. The van der Waals surface area contributed by atoms with Gasteiger partial charge < -0.3 is 4.74 Å². The highest BCUT2D eigenvalue weighted by molar-refractivity contribution is 9.09. The van der Waals surface area contributed by atoms with Gasteiger partial charge in [0, 0.05) is 5.33 Å². The number of hydrogen-bond donors (Lipinski definition) is 0. The summed E-state index contributed by atoms with van der Waals surface area (Å²) >= 11 is 3.22. The molecular formula is C7H10BrNO2. The molecule has 0 amide bonds. The molecule has 1 unspecified atom stereocenters. The molecule has 0 bridgehead atoms. The molecule has 0 heterocycles. The van der Waals surface area contributed by atoms with E-state index in [4.69, 9.17) is 5.26 Å². The van der Waals surface area contributed by atoms with Crippen LogP contribution in [-0.4, -0.2) is 18.4 Å². The predicted molar refractivity (Wildman–Crippen MR) is 44.1 cm³/mol. The maximum absolute atomic E-state index is 10.8. The number of halogens is 1. The van der Waals surface area contributed by atoms with E-state index in [1.165, 1.54) is 7.11 Å². The minimum Gasteiger partial charge on any atom is -0.468 e. The van der Waals surface area contributed by atoms with Crippen LogP contribution in [0.1, 0.15) is 12.8 Å². The van der Waals surface area contributed by atoms with Gasteiger partial charge in [-0.25, -0.2) is 0 Å². The zero-order chi connectivity index (χ0) is 8.69. The van der Waals surface area contributed by atoms with E-state index < -0.39 is 11.9 Å². The topological polar surface area (TPSA) is 50.1 Å². The number of hydrogen-bond acceptors (Lipinski definition) is 3. The Morgan fingerprint density at radius 3 is 2.82 bits per heavy atom. The third kappa shape index (κ3) is 3.99. The van der Waals surface area contributed by atoms with Gasteiger partial charge in [-0.2, -0.15) is 5.26 Å². The summed E-state index contributed by atoms with van der Waals surface area (Å²) in [6.07, 6.45) is 1.38. The van der Waals surface area contributed by atoms with Crippen molar-refractivity contribution in [3.05, 3.63) is 0 Å². The van der Waals surface area contributed by atoms with E-state index >= 15 is 0 Å². The van der Waals surface area contributed by atoms with Gasteiger partial charge in [-0.05, 0) is 12.8 Å². The van der Waals surface area contributed by atoms with Crippen LogP contribution in [0.2, 0.25) is 0 Å². The standard InChI is InChI=1S/C7H10BrNO2/c1-11-7(10)6(5-9)3-2-4-8/h6H,2-4H2,1H3. The van der Waals surface area contributed by atoms with E-state index in [1.807, 2.05) is 6.07 Å². The van der Waals surface area contributed by atoms with Crippen LogP contribution in [-0.2, 0) is 9.53 Å². The Bertz CT molecular complexity index is 164. The summed E-state index contributed by atoms with van der Waals surface area (Å²) in [6, 6.07) is 1.89. The number of nitriles is 1. The molecular weight excluding hydrogens is 210 g/mol. The zero-order valence-corrected chi connectivity index (χ0v) is 7.93. The average molecular weight is 220 g/mol. The van der Waals surface area contributed by atoms with E-state index in [1.54, 1.807) is 0 Å². The molecule has 0 radical (unpaired) electrons. The van der Waals surface area contributed by atoms with Crippen molar-refractivity contribution in [2.24, 2.45) is 5.92 Å². The first-order valence-electron chi connectivity index (χ1n) is 3.29. The van der Waals surface area contributed by atoms with Crippen molar-refractivity contribution in [1.29, 1.82) is 5.26 Å². The molecule has 0 fully saturated rings. The summed E-state index contributed by atoms with van der Waals surface area (Å²) in [7, 11) is 1.29. The molecule has 11 heavy (non-hydrogen) atoms. The highest BCUT2D eigenvalue weighted by Gasteiger charge is 2.16. The monoisotopic (exact) mass is 219 g/mol. The van der Waals surface area contributed by atoms with Gasteiger partial charge in [0.25, 0.3) is 0 Å². The van der Waals surface area contributed by atoms with Crippen molar-refractivity contribution < 1.29 is 9.53 Å². The van der Waals surface area contributed by atoms with Gasteiger partial charge >= 0.3 is 5.97 Å². The number of methoxy groups -OCH3 is 1. The van der Waals surface area contributed by atoms with Crippen LogP contribution in [0.15, 0.2) is 0 Å². The molecule has 0 aromatic carbocycles. The fourth-order valence-electron chi connectivity index (χ4n) is 0.659. The third-order valence-corrected chi connectivity index (χ3v) is 1.83. The Hall–Kier alpha value is -0.560. The Labute approximate surface area is 74.5 Å². The lowest BCUT2D eigenvalue weighted by Gasteiger charge is -2.03. The number of ether oxygens (including phenoxy) is 1. The van der Waals surface area contributed by atoms with Crippen molar-refractivity contribution in [1.82, 2.24) is 0 Å². The van der Waals surface area contributed by atoms with Gasteiger partial charge in [-0.15, -0.1) is 0 Å². The molecule has 1 atom stereocenters. The number of alkyl halides is 1. The van der Waals surface area contributed by atoms with E-state index in [0.717, 1.165) is 11.8 Å². The van der Waals surface area contributed by atoms with E-state index in [-0.39, 0.29) is 0 Å². The molecule has 0 saturated carbocycles. The van der Waals surface area contributed by atoms with Crippen molar-refractivity contribution in [2.45, 2.75) is 12.8 Å². The Morgan fingerprint density at radius 1 is 1.82 bits per heavy atom. The second-order valence-electron chi connectivity index (χ2n) is 2.04. The molecule has 0 saturated heterocycles. The van der Waals surface area contributed by atoms with E-state index in [0.29, 0.717) is 6.42 Å².